The summed E-state index contributed by atoms with van der Waals surface area (Å²) in [6, 6.07) is 1.95. The Morgan fingerprint density at radius 2 is 2.18 bits per heavy atom. The first-order valence-electron chi connectivity index (χ1n) is 6.89. The standard InChI is InChI=1S/C15H18N4O3/c1-10(2)19-14-11(9-18-19)7-12(8-17-14)15(21)16-6-4-5-13(20)22-3/h4-5,7-10H,6H2,1-3H3,(H,16,21)/b5-4+. The van der Waals surface area contributed by atoms with Gasteiger partial charge in [-0.25, -0.2) is 14.5 Å². The zero-order valence-corrected chi connectivity index (χ0v) is 12.7. The zero-order valence-electron chi connectivity index (χ0n) is 12.7. The van der Waals surface area contributed by atoms with Gasteiger partial charge in [-0.15, -0.1) is 0 Å². The molecule has 0 aliphatic rings. The third kappa shape index (κ3) is 3.49. The van der Waals surface area contributed by atoms with Crippen LogP contribution < -0.4 is 5.32 Å². The van der Waals surface area contributed by atoms with Crippen molar-refractivity contribution < 1.29 is 14.3 Å². The molecule has 0 fully saturated rings. The van der Waals surface area contributed by atoms with Gasteiger partial charge in [-0.1, -0.05) is 6.08 Å². The number of esters is 1. The number of nitrogens with zero attached hydrogens (tertiary/aromatic N) is 3. The molecule has 0 saturated carbocycles. The van der Waals surface area contributed by atoms with Crippen molar-refractivity contribution in [3.05, 3.63) is 36.2 Å². The normalized spacial score (nSPS) is 11.3. The Hall–Kier alpha value is -2.70. The summed E-state index contributed by atoms with van der Waals surface area (Å²) < 4.78 is 6.26. The van der Waals surface area contributed by atoms with E-state index in [9.17, 15) is 9.59 Å². The smallest absolute Gasteiger partial charge is 0.330 e. The first kappa shape index (κ1) is 15.7. The second-order valence-corrected chi connectivity index (χ2v) is 4.96. The van der Waals surface area contributed by atoms with Crippen molar-refractivity contribution >= 4 is 22.9 Å². The highest BCUT2D eigenvalue weighted by Gasteiger charge is 2.11. The first-order valence-corrected chi connectivity index (χ1v) is 6.89. The van der Waals surface area contributed by atoms with E-state index in [4.69, 9.17) is 0 Å². The van der Waals surface area contributed by atoms with E-state index in [2.05, 4.69) is 20.1 Å². The molecule has 0 saturated heterocycles. The van der Waals surface area contributed by atoms with Crippen molar-refractivity contribution in [2.24, 2.45) is 0 Å². The number of fused-ring (bicyclic) bond motifs is 1. The summed E-state index contributed by atoms with van der Waals surface area (Å²) in [6.07, 6.45) is 5.99. The minimum absolute atomic E-state index is 0.202. The molecule has 0 spiro atoms. The molecule has 116 valence electrons. The van der Waals surface area contributed by atoms with Gasteiger partial charge >= 0.3 is 5.97 Å². The number of nitrogens with one attached hydrogen (secondary N) is 1. The lowest BCUT2D eigenvalue weighted by molar-refractivity contribution is -0.134. The van der Waals surface area contributed by atoms with Crippen molar-refractivity contribution in [2.45, 2.75) is 19.9 Å². The molecule has 0 unspecified atom stereocenters. The van der Waals surface area contributed by atoms with E-state index in [1.54, 1.807) is 16.9 Å². The van der Waals surface area contributed by atoms with Crippen LogP contribution >= 0.6 is 0 Å². The van der Waals surface area contributed by atoms with Crippen LogP contribution in [0.2, 0.25) is 0 Å². The lowest BCUT2D eigenvalue weighted by Gasteiger charge is -2.06. The molecule has 0 radical (unpaired) electrons. The lowest BCUT2D eigenvalue weighted by atomic mass is 10.2. The highest BCUT2D eigenvalue weighted by Crippen LogP contribution is 2.16. The number of rotatable bonds is 5. The zero-order chi connectivity index (χ0) is 16.1. The van der Waals surface area contributed by atoms with Crippen LogP contribution in [0.25, 0.3) is 11.0 Å². The number of aromatic nitrogens is 3. The molecule has 1 amide bonds. The van der Waals surface area contributed by atoms with Crippen LogP contribution in [0.4, 0.5) is 0 Å². The van der Waals surface area contributed by atoms with Crippen molar-refractivity contribution in [3.8, 4) is 0 Å². The molecule has 22 heavy (non-hydrogen) atoms. The van der Waals surface area contributed by atoms with E-state index < -0.39 is 5.97 Å². The largest absolute Gasteiger partial charge is 0.466 e. The third-order valence-electron chi connectivity index (χ3n) is 3.02. The topological polar surface area (TPSA) is 86.1 Å². The molecule has 7 nitrogen and oxygen atoms in total. The molecular weight excluding hydrogens is 284 g/mol. The molecule has 0 atom stereocenters. The fourth-order valence-corrected chi connectivity index (χ4v) is 1.92. The molecule has 1 N–H and O–H groups in total. The van der Waals surface area contributed by atoms with Crippen LogP contribution in [0.1, 0.15) is 30.2 Å². The van der Waals surface area contributed by atoms with Crippen molar-refractivity contribution in [3.63, 3.8) is 0 Å². The molecule has 2 heterocycles. The second-order valence-electron chi connectivity index (χ2n) is 4.96. The quantitative estimate of drug-likeness (QED) is 0.667. The average Bonchev–Trinajstić information content (AvgIpc) is 2.94. The summed E-state index contributed by atoms with van der Waals surface area (Å²) in [5, 5.41) is 7.74. The Labute approximate surface area is 128 Å². The van der Waals surface area contributed by atoms with Gasteiger partial charge in [0.2, 0.25) is 0 Å². The van der Waals surface area contributed by atoms with Gasteiger partial charge in [-0.3, -0.25) is 4.79 Å². The summed E-state index contributed by atoms with van der Waals surface area (Å²) >= 11 is 0. The van der Waals surface area contributed by atoms with Crippen molar-refractivity contribution in [1.29, 1.82) is 0 Å². The molecule has 2 rings (SSSR count). The lowest BCUT2D eigenvalue weighted by Crippen LogP contribution is -2.23. The van der Waals surface area contributed by atoms with Gasteiger partial charge in [0.25, 0.3) is 5.91 Å². The second kappa shape index (κ2) is 6.84. The number of carbonyl (C=O) groups excluding carboxylic acids is 2. The van der Waals surface area contributed by atoms with Crippen LogP contribution in [0.3, 0.4) is 0 Å². The van der Waals surface area contributed by atoms with Gasteiger partial charge in [0.15, 0.2) is 5.65 Å². The molecular formula is C15H18N4O3. The van der Waals surface area contributed by atoms with Crippen LogP contribution in [0.15, 0.2) is 30.6 Å². The van der Waals surface area contributed by atoms with Gasteiger partial charge in [0.1, 0.15) is 0 Å². The Balaban J connectivity index is 2.06. The number of hydrogen-bond acceptors (Lipinski definition) is 5. The fraction of sp³-hybridized carbons (Fsp3) is 0.333. The predicted octanol–water partition coefficient (Wildman–Crippen LogP) is 1.47. The Bertz CT molecular complexity index is 719. The summed E-state index contributed by atoms with van der Waals surface area (Å²) in [7, 11) is 1.30. The van der Waals surface area contributed by atoms with Gasteiger partial charge in [0.05, 0.1) is 18.9 Å². The van der Waals surface area contributed by atoms with E-state index >= 15 is 0 Å². The molecule has 7 heteroatoms. The van der Waals surface area contributed by atoms with E-state index in [0.29, 0.717) is 5.56 Å². The molecule has 0 aliphatic carbocycles. The molecule has 0 aromatic carbocycles. The van der Waals surface area contributed by atoms with E-state index in [0.717, 1.165) is 11.0 Å². The summed E-state index contributed by atoms with van der Waals surface area (Å²) in [5.74, 6) is -0.723. The number of hydrogen-bond donors (Lipinski definition) is 1. The van der Waals surface area contributed by atoms with E-state index in [1.165, 1.54) is 25.5 Å². The van der Waals surface area contributed by atoms with Crippen molar-refractivity contribution in [2.75, 3.05) is 13.7 Å². The minimum atomic E-state index is -0.460. The Morgan fingerprint density at radius 3 is 2.86 bits per heavy atom. The van der Waals surface area contributed by atoms with Crippen molar-refractivity contribution in [1.82, 2.24) is 20.1 Å². The monoisotopic (exact) mass is 302 g/mol. The number of carbonyl (C=O) groups is 2. The summed E-state index contributed by atoms with van der Waals surface area (Å²) in [6.45, 7) is 4.27. The highest BCUT2D eigenvalue weighted by molar-refractivity contribution is 5.96. The number of methoxy groups -OCH3 is 1. The van der Waals surface area contributed by atoms with Crippen LogP contribution in [-0.2, 0) is 9.53 Å². The maximum atomic E-state index is 12.0. The number of ether oxygens (including phenoxy) is 1. The van der Waals surface area contributed by atoms with Crippen LogP contribution in [0.5, 0.6) is 0 Å². The fourth-order valence-electron chi connectivity index (χ4n) is 1.92. The van der Waals surface area contributed by atoms with Crippen LogP contribution in [0, 0.1) is 0 Å². The maximum Gasteiger partial charge on any atom is 0.330 e. The van der Waals surface area contributed by atoms with E-state index in [-0.39, 0.29) is 18.5 Å². The third-order valence-corrected chi connectivity index (χ3v) is 3.02. The van der Waals surface area contributed by atoms with Gasteiger partial charge < -0.3 is 10.1 Å². The minimum Gasteiger partial charge on any atom is -0.466 e. The Kier molecular flexibility index (Phi) is 4.88. The summed E-state index contributed by atoms with van der Waals surface area (Å²) in [5.41, 5.74) is 1.19. The number of amides is 1. The van der Waals surface area contributed by atoms with Crippen LogP contribution in [-0.4, -0.2) is 40.3 Å². The SMILES string of the molecule is COC(=O)/C=C/CNC(=O)c1cnc2c(cnn2C(C)C)c1. The summed E-state index contributed by atoms with van der Waals surface area (Å²) in [4.78, 5) is 27.2. The maximum absolute atomic E-state index is 12.0. The Morgan fingerprint density at radius 1 is 1.41 bits per heavy atom. The molecule has 2 aromatic rings. The highest BCUT2D eigenvalue weighted by atomic mass is 16.5. The van der Waals surface area contributed by atoms with Gasteiger partial charge in [0, 0.05) is 30.2 Å². The predicted molar refractivity (Wildman–Crippen MR) is 81.4 cm³/mol. The number of pyridine rings is 1. The molecule has 0 bridgehead atoms. The van der Waals surface area contributed by atoms with Gasteiger partial charge in [-0.05, 0) is 19.9 Å². The average molecular weight is 302 g/mol. The first-order chi connectivity index (χ1) is 10.5. The van der Waals surface area contributed by atoms with E-state index in [1.807, 2.05) is 13.8 Å². The molecule has 2 aromatic heterocycles. The molecule has 0 aliphatic heterocycles. The van der Waals surface area contributed by atoms with Gasteiger partial charge in [-0.2, -0.15) is 5.10 Å².